The summed E-state index contributed by atoms with van der Waals surface area (Å²) in [7, 11) is 0. The first-order chi connectivity index (χ1) is 8.18. The van der Waals surface area contributed by atoms with E-state index in [0.29, 0.717) is 5.75 Å². The lowest BCUT2D eigenvalue weighted by Crippen LogP contribution is -2.31. The van der Waals surface area contributed by atoms with Crippen LogP contribution < -0.4 is 10.6 Å². The van der Waals surface area contributed by atoms with Gasteiger partial charge in [-0.05, 0) is 57.3 Å². The standard InChI is InChI=1S/C14H22N2O/c1-10-3-4-13(11(2)14(10)17)16-9-12-5-7-15-8-6-12/h3-4,12,15-17H,5-9H2,1-2H3. The maximum Gasteiger partial charge on any atom is 0.123 e. The van der Waals surface area contributed by atoms with Crippen LogP contribution in [0.4, 0.5) is 5.69 Å². The van der Waals surface area contributed by atoms with E-state index in [1.54, 1.807) is 0 Å². The zero-order valence-corrected chi connectivity index (χ0v) is 10.7. The van der Waals surface area contributed by atoms with Gasteiger partial charge in [-0.15, -0.1) is 0 Å². The molecular formula is C14H22N2O. The summed E-state index contributed by atoms with van der Waals surface area (Å²) in [5.41, 5.74) is 2.96. The Morgan fingerprint density at radius 3 is 2.71 bits per heavy atom. The van der Waals surface area contributed by atoms with Crippen molar-refractivity contribution in [1.29, 1.82) is 0 Å². The largest absolute Gasteiger partial charge is 0.507 e. The van der Waals surface area contributed by atoms with E-state index in [-0.39, 0.29) is 0 Å². The zero-order valence-electron chi connectivity index (χ0n) is 10.7. The molecule has 0 unspecified atom stereocenters. The maximum absolute atomic E-state index is 9.87. The van der Waals surface area contributed by atoms with Crippen LogP contribution in [0.1, 0.15) is 24.0 Å². The molecule has 1 saturated heterocycles. The summed E-state index contributed by atoms with van der Waals surface area (Å²) in [6.07, 6.45) is 2.48. The van der Waals surface area contributed by atoms with Crippen molar-refractivity contribution in [3.05, 3.63) is 23.3 Å². The van der Waals surface area contributed by atoms with Crippen molar-refractivity contribution in [2.24, 2.45) is 5.92 Å². The summed E-state index contributed by atoms with van der Waals surface area (Å²) in [4.78, 5) is 0. The Kier molecular flexibility index (Phi) is 3.89. The number of benzene rings is 1. The molecule has 0 amide bonds. The van der Waals surface area contributed by atoms with Crippen LogP contribution in [-0.2, 0) is 0 Å². The topological polar surface area (TPSA) is 44.3 Å². The van der Waals surface area contributed by atoms with Crippen LogP contribution in [0.5, 0.6) is 5.75 Å². The summed E-state index contributed by atoms with van der Waals surface area (Å²) in [5, 5.41) is 16.7. The molecule has 0 bridgehead atoms. The SMILES string of the molecule is Cc1ccc(NCC2CCNCC2)c(C)c1O. The van der Waals surface area contributed by atoms with E-state index in [1.807, 2.05) is 19.9 Å². The molecule has 0 saturated carbocycles. The molecule has 3 nitrogen and oxygen atoms in total. The summed E-state index contributed by atoms with van der Waals surface area (Å²) in [6, 6.07) is 4.03. The molecule has 3 N–H and O–H groups in total. The second-order valence-electron chi connectivity index (χ2n) is 4.98. The zero-order chi connectivity index (χ0) is 12.3. The fraction of sp³-hybridized carbons (Fsp3) is 0.571. The summed E-state index contributed by atoms with van der Waals surface area (Å²) >= 11 is 0. The van der Waals surface area contributed by atoms with Crippen LogP contribution in [0.15, 0.2) is 12.1 Å². The monoisotopic (exact) mass is 234 g/mol. The van der Waals surface area contributed by atoms with Crippen molar-refractivity contribution < 1.29 is 5.11 Å². The molecule has 94 valence electrons. The molecule has 2 rings (SSSR count). The van der Waals surface area contributed by atoms with E-state index in [2.05, 4.69) is 16.7 Å². The lowest BCUT2D eigenvalue weighted by Gasteiger charge is -2.24. The summed E-state index contributed by atoms with van der Waals surface area (Å²) in [6.45, 7) is 7.16. The van der Waals surface area contributed by atoms with Gasteiger partial charge in [0.15, 0.2) is 0 Å². The van der Waals surface area contributed by atoms with Gasteiger partial charge >= 0.3 is 0 Å². The third-order valence-corrected chi connectivity index (χ3v) is 3.67. The van der Waals surface area contributed by atoms with Crippen LogP contribution in [0, 0.1) is 19.8 Å². The molecule has 1 aromatic carbocycles. The second-order valence-corrected chi connectivity index (χ2v) is 4.98. The lowest BCUT2D eigenvalue weighted by molar-refractivity contribution is 0.389. The third-order valence-electron chi connectivity index (χ3n) is 3.67. The van der Waals surface area contributed by atoms with Crippen molar-refractivity contribution in [1.82, 2.24) is 5.32 Å². The Balaban J connectivity index is 1.96. The highest BCUT2D eigenvalue weighted by atomic mass is 16.3. The van der Waals surface area contributed by atoms with Gasteiger partial charge in [0.2, 0.25) is 0 Å². The summed E-state index contributed by atoms with van der Waals surface area (Å²) in [5.74, 6) is 1.17. The Morgan fingerprint density at radius 2 is 2.00 bits per heavy atom. The molecular weight excluding hydrogens is 212 g/mol. The molecule has 0 aromatic heterocycles. The van der Waals surface area contributed by atoms with Crippen LogP contribution in [0.25, 0.3) is 0 Å². The fourth-order valence-corrected chi connectivity index (χ4v) is 2.37. The predicted molar refractivity (Wildman–Crippen MR) is 71.7 cm³/mol. The number of aromatic hydroxyl groups is 1. The number of hydrogen-bond acceptors (Lipinski definition) is 3. The van der Waals surface area contributed by atoms with Gasteiger partial charge in [0.1, 0.15) is 5.75 Å². The first-order valence-corrected chi connectivity index (χ1v) is 6.42. The number of phenolic OH excluding ortho intramolecular Hbond substituents is 1. The molecule has 0 radical (unpaired) electrons. The molecule has 0 spiro atoms. The van der Waals surface area contributed by atoms with Crippen molar-refractivity contribution in [2.45, 2.75) is 26.7 Å². The minimum atomic E-state index is 0.417. The van der Waals surface area contributed by atoms with Crippen molar-refractivity contribution >= 4 is 5.69 Å². The maximum atomic E-state index is 9.87. The molecule has 1 fully saturated rings. The van der Waals surface area contributed by atoms with Gasteiger partial charge in [-0.2, -0.15) is 0 Å². The Bertz CT molecular complexity index is 384. The third kappa shape index (κ3) is 2.91. The minimum absolute atomic E-state index is 0.417. The van der Waals surface area contributed by atoms with E-state index in [1.165, 1.54) is 12.8 Å². The number of phenols is 1. The van der Waals surface area contributed by atoms with Gasteiger partial charge < -0.3 is 15.7 Å². The van der Waals surface area contributed by atoms with Crippen LogP contribution >= 0.6 is 0 Å². The van der Waals surface area contributed by atoms with Crippen LogP contribution in [0.2, 0.25) is 0 Å². The molecule has 3 heteroatoms. The smallest absolute Gasteiger partial charge is 0.123 e. The quantitative estimate of drug-likeness (QED) is 0.752. The molecule has 1 aromatic rings. The highest BCUT2D eigenvalue weighted by Crippen LogP contribution is 2.28. The molecule has 1 heterocycles. The lowest BCUT2D eigenvalue weighted by atomic mass is 9.98. The number of aryl methyl sites for hydroxylation is 1. The fourth-order valence-electron chi connectivity index (χ4n) is 2.37. The average molecular weight is 234 g/mol. The first kappa shape index (κ1) is 12.2. The van der Waals surface area contributed by atoms with E-state index in [9.17, 15) is 5.11 Å². The van der Waals surface area contributed by atoms with Crippen molar-refractivity contribution in [3.8, 4) is 5.75 Å². The van der Waals surface area contributed by atoms with E-state index >= 15 is 0 Å². The van der Waals surface area contributed by atoms with Gasteiger partial charge in [-0.1, -0.05) is 6.07 Å². The van der Waals surface area contributed by atoms with E-state index < -0.39 is 0 Å². The number of anilines is 1. The van der Waals surface area contributed by atoms with Gasteiger partial charge in [-0.25, -0.2) is 0 Å². The Morgan fingerprint density at radius 1 is 1.29 bits per heavy atom. The van der Waals surface area contributed by atoms with Gasteiger partial charge in [0.25, 0.3) is 0 Å². The van der Waals surface area contributed by atoms with E-state index in [0.717, 1.165) is 42.4 Å². The molecule has 0 aliphatic carbocycles. The van der Waals surface area contributed by atoms with Crippen molar-refractivity contribution in [2.75, 3.05) is 25.0 Å². The van der Waals surface area contributed by atoms with Crippen molar-refractivity contribution in [3.63, 3.8) is 0 Å². The normalized spacial score (nSPS) is 17.1. The average Bonchev–Trinajstić information content (AvgIpc) is 2.36. The number of piperidine rings is 1. The van der Waals surface area contributed by atoms with Gasteiger partial charge in [-0.3, -0.25) is 0 Å². The second kappa shape index (κ2) is 5.41. The molecule has 0 atom stereocenters. The molecule has 1 aliphatic rings. The molecule has 17 heavy (non-hydrogen) atoms. The van der Waals surface area contributed by atoms with E-state index in [4.69, 9.17) is 0 Å². The van der Waals surface area contributed by atoms with Crippen LogP contribution in [-0.4, -0.2) is 24.7 Å². The van der Waals surface area contributed by atoms with Gasteiger partial charge in [0.05, 0.1) is 0 Å². The Labute approximate surface area is 103 Å². The number of nitrogens with one attached hydrogen (secondary N) is 2. The number of hydrogen-bond donors (Lipinski definition) is 3. The highest BCUT2D eigenvalue weighted by Gasteiger charge is 2.13. The first-order valence-electron chi connectivity index (χ1n) is 6.42. The van der Waals surface area contributed by atoms with Crippen LogP contribution in [0.3, 0.4) is 0 Å². The number of rotatable bonds is 3. The predicted octanol–water partition coefficient (Wildman–Crippen LogP) is 2.42. The Hall–Kier alpha value is -1.22. The van der Waals surface area contributed by atoms with Gasteiger partial charge in [0, 0.05) is 17.8 Å². The highest BCUT2D eigenvalue weighted by molar-refractivity contribution is 5.59. The molecule has 1 aliphatic heterocycles. The summed E-state index contributed by atoms with van der Waals surface area (Å²) < 4.78 is 0. The minimum Gasteiger partial charge on any atom is -0.507 e.